The Morgan fingerprint density at radius 2 is 1.75 bits per heavy atom. The molecule has 6 atom stereocenters. The molecular weight excluding hydrogens is 466 g/mol. The molecule has 0 spiro atoms. The Kier molecular flexibility index (Phi) is 5.79. The van der Waals surface area contributed by atoms with Gasteiger partial charge in [0.1, 0.15) is 5.75 Å². The zero-order valence-electron chi connectivity index (χ0n) is 20.4. The Labute approximate surface area is 208 Å². The fourth-order valence-electron chi connectivity index (χ4n) is 6.96. The van der Waals surface area contributed by atoms with Crippen LogP contribution >= 0.6 is 0 Å². The van der Waals surface area contributed by atoms with E-state index in [1.165, 1.54) is 4.90 Å². The smallest absolute Gasteiger partial charge is 0.235 e. The van der Waals surface area contributed by atoms with Crippen molar-refractivity contribution in [2.24, 2.45) is 29.4 Å². The molecule has 0 aromatic heterocycles. The molecule has 1 saturated heterocycles. The van der Waals surface area contributed by atoms with Gasteiger partial charge in [0.2, 0.25) is 5.91 Å². The van der Waals surface area contributed by atoms with Crippen LogP contribution in [0.4, 0.5) is 5.69 Å². The van der Waals surface area contributed by atoms with Crippen LogP contribution in [0.1, 0.15) is 41.6 Å². The summed E-state index contributed by atoms with van der Waals surface area (Å²) < 4.78 is 0. The number of Topliss-reactive ketones (excluding diaryl/α,β-unsaturated/α-hetero) is 4. The van der Waals surface area contributed by atoms with Gasteiger partial charge in [0.05, 0.1) is 23.2 Å². The number of benzene rings is 1. The Hall–Kier alpha value is -3.11. The summed E-state index contributed by atoms with van der Waals surface area (Å²) in [6, 6.07) is 2.49. The number of carbonyl (C=O) groups is 5. The number of anilines is 1. The largest absolute Gasteiger partial charge is 0.505 e. The van der Waals surface area contributed by atoms with E-state index in [1.54, 1.807) is 26.2 Å². The quantitative estimate of drug-likeness (QED) is 0.483. The maximum atomic E-state index is 13.8. The number of ketones is 4. The van der Waals surface area contributed by atoms with E-state index in [1.807, 2.05) is 4.90 Å². The molecular formula is C26H31N3O7. The zero-order chi connectivity index (χ0) is 26.1. The summed E-state index contributed by atoms with van der Waals surface area (Å²) in [5.74, 6) is -10.1. The second-order valence-electron chi connectivity index (χ2n) is 10.8. The first-order chi connectivity index (χ1) is 17.0. The van der Waals surface area contributed by atoms with Crippen molar-refractivity contribution in [2.75, 3.05) is 32.1 Å². The number of aliphatic hydroxyl groups is 1. The minimum atomic E-state index is -2.70. The molecule has 1 aromatic carbocycles. The highest BCUT2D eigenvalue weighted by Crippen LogP contribution is 2.51. The van der Waals surface area contributed by atoms with E-state index in [0.717, 1.165) is 32.4 Å². The number of rotatable bonds is 3. The molecule has 36 heavy (non-hydrogen) atoms. The van der Waals surface area contributed by atoms with Crippen LogP contribution in [0, 0.1) is 23.7 Å². The van der Waals surface area contributed by atoms with Gasteiger partial charge in [-0.2, -0.15) is 0 Å². The van der Waals surface area contributed by atoms with Crippen LogP contribution in [0.5, 0.6) is 5.75 Å². The Balaban J connectivity index is 1.59. The van der Waals surface area contributed by atoms with Crippen LogP contribution in [-0.2, 0) is 25.6 Å². The first-order valence-corrected chi connectivity index (χ1v) is 12.4. The second-order valence-corrected chi connectivity index (χ2v) is 10.8. The van der Waals surface area contributed by atoms with Gasteiger partial charge in [0.25, 0.3) is 0 Å². The van der Waals surface area contributed by atoms with Crippen molar-refractivity contribution in [1.29, 1.82) is 0 Å². The van der Waals surface area contributed by atoms with Gasteiger partial charge in [-0.05, 0) is 63.7 Å². The van der Waals surface area contributed by atoms with Crippen LogP contribution < -0.4 is 10.6 Å². The van der Waals surface area contributed by atoms with Crippen molar-refractivity contribution in [3.05, 3.63) is 23.3 Å². The number of primary amides is 1. The Bertz CT molecular complexity index is 1190. The molecule has 4 N–H and O–H groups in total. The molecule has 0 radical (unpaired) electrons. The Morgan fingerprint density at radius 3 is 2.36 bits per heavy atom. The lowest BCUT2D eigenvalue weighted by molar-refractivity contribution is -0.181. The van der Waals surface area contributed by atoms with Crippen LogP contribution in [0.25, 0.3) is 0 Å². The van der Waals surface area contributed by atoms with Gasteiger partial charge in [-0.25, -0.2) is 0 Å². The summed E-state index contributed by atoms with van der Waals surface area (Å²) in [6.07, 6.45) is 3.36. The van der Waals surface area contributed by atoms with E-state index in [4.69, 9.17) is 5.73 Å². The molecule has 1 heterocycles. The van der Waals surface area contributed by atoms with E-state index >= 15 is 0 Å². The minimum Gasteiger partial charge on any atom is -0.505 e. The molecule has 1 amide bonds. The molecule has 10 nitrogen and oxygen atoms in total. The van der Waals surface area contributed by atoms with Crippen LogP contribution in [-0.4, -0.2) is 83.0 Å². The molecule has 3 aliphatic carbocycles. The number of nitrogens with two attached hydrogens (primary N) is 1. The van der Waals surface area contributed by atoms with Gasteiger partial charge in [-0.1, -0.05) is 6.07 Å². The maximum absolute atomic E-state index is 13.8. The summed E-state index contributed by atoms with van der Waals surface area (Å²) in [7, 11) is 3.13. The van der Waals surface area contributed by atoms with Crippen LogP contribution in [0.3, 0.4) is 0 Å². The first-order valence-electron chi connectivity index (χ1n) is 12.4. The van der Waals surface area contributed by atoms with E-state index in [2.05, 4.69) is 0 Å². The molecule has 1 aliphatic heterocycles. The van der Waals surface area contributed by atoms with Crippen molar-refractivity contribution in [3.63, 3.8) is 0 Å². The van der Waals surface area contributed by atoms with Crippen molar-refractivity contribution in [3.8, 4) is 5.75 Å². The van der Waals surface area contributed by atoms with Crippen molar-refractivity contribution in [2.45, 2.75) is 43.7 Å². The number of phenols is 1. The van der Waals surface area contributed by atoms with Gasteiger partial charge >= 0.3 is 0 Å². The standard InChI is InChI=1S/C26H31N3O7/c1-28(2)19-14-11-13-10-12-6-7-15(29-8-4-3-5-9-29)20(30)16(12)21(31)17(13)23(33)26(14,36)24(34)18(22(19)32)25(27)35/h6-7,13-14,17-19,30,36H,3-5,8-11H2,1-2H3,(H2,27,35)/t13-,14-,17?,18?,19-,26-/m0/s1. The van der Waals surface area contributed by atoms with Crippen molar-refractivity contribution >= 4 is 34.7 Å². The Morgan fingerprint density at radius 1 is 1.08 bits per heavy atom. The van der Waals surface area contributed by atoms with E-state index in [0.29, 0.717) is 11.3 Å². The maximum Gasteiger partial charge on any atom is 0.235 e. The topological polar surface area (TPSA) is 158 Å². The summed E-state index contributed by atoms with van der Waals surface area (Å²) in [6.45, 7) is 1.49. The number of amides is 1. The summed E-state index contributed by atoms with van der Waals surface area (Å²) in [5.41, 5.74) is 3.82. The lowest BCUT2D eigenvalue weighted by Crippen LogP contribution is -2.74. The van der Waals surface area contributed by atoms with E-state index in [9.17, 15) is 34.2 Å². The fourth-order valence-corrected chi connectivity index (χ4v) is 6.96. The molecule has 0 bridgehead atoms. The molecule has 1 aromatic rings. The number of aromatic hydroxyl groups is 1. The summed E-state index contributed by atoms with van der Waals surface area (Å²) in [5, 5.41) is 22.7. The highest BCUT2D eigenvalue weighted by Gasteiger charge is 2.69. The summed E-state index contributed by atoms with van der Waals surface area (Å²) >= 11 is 0. The third-order valence-corrected chi connectivity index (χ3v) is 8.61. The predicted octanol–water partition coefficient (Wildman–Crippen LogP) is -0.143. The number of likely N-dealkylation sites (N-methyl/N-ethyl adjacent to an activating group) is 1. The third-order valence-electron chi connectivity index (χ3n) is 8.61. The second kappa shape index (κ2) is 8.48. The number of piperidine rings is 1. The number of hydrogen-bond donors (Lipinski definition) is 3. The normalized spacial score (nSPS) is 34.3. The van der Waals surface area contributed by atoms with E-state index < -0.39 is 64.4 Å². The molecule has 3 fully saturated rings. The number of phenolic OH excluding ortho intramolecular Hbond substituents is 1. The van der Waals surface area contributed by atoms with Crippen molar-refractivity contribution in [1.82, 2.24) is 4.90 Å². The number of fused-ring (bicyclic) bond motifs is 3. The van der Waals surface area contributed by atoms with Gasteiger partial charge in [-0.3, -0.25) is 28.9 Å². The lowest BCUT2D eigenvalue weighted by atomic mass is 9.52. The zero-order valence-corrected chi connectivity index (χ0v) is 20.4. The third kappa shape index (κ3) is 3.27. The first kappa shape index (κ1) is 24.6. The highest BCUT2D eigenvalue weighted by molar-refractivity contribution is 6.32. The summed E-state index contributed by atoms with van der Waals surface area (Å²) in [4.78, 5) is 69.5. The minimum absolute atomic E-state index is 0.0460. The molecule has 2 saturated carbocycles. The number of hydrogen-bond acceptors (Lipinski definition) is 9. The van der Waals surface area contributed by atoms with Gasteiger partial charge in [0.15, 0.2) is 34.7 Å². The number of nitrogens with zero attached hydrogens (tertiary/aromatic N) is 2. The SMILES string of the molecule is CN(C)[C@@H]1C(=O)C(C(N)=O)C(=O)[C@@]2(O)C(=O)C3C(=O)c4c(ccc(N5CCCCC5)c4O)C[C@H]3C[C@@H]12. The predicted molar refractivity (Wildman–Crippen MR) is 127 cm³/mol. The van der Waals surface area contributed by atoms with Crippen molar-refractivity contribution < 1.29 is 34.2 Å². The number of carbonyl (C=O) groups excluding carboxylic acids is 5. The fraction of sp³-hybridized carbons (Fsp3) is 0.577. The van der Waals surface area contributed by atoms with Crippen LogP contribution in [0.15, 0.2) is 12.1 Å². The average Bonchev–Trinajstić information content (AvgIpc) is 2.81. The highest BCUT2D eigenvalue weighted by atomic mass is 16.3. The molecule has 2 unspecified atom stereocenters. The molecule has 192 valence electrons. The molecule has 4 aliphatic rings. The average molecular weight is 498 g/mol. The van der Waals surface area contributed by atoms with E-state index in [-0.39, 0.29) is 24.2 Å². The van der Waals surface area contributed by atoms with Gasteiger partial charge in [0, 0.05) is 19.0 Å². The molecule has 10 heteroatoms. The monoisotopic (exact) mass is 497 g/mol. The van der Waals surface area contributed by atoms with Gasteiger partial charge < -0.3 is 20.8 Å². The lowest BCUT2D eigenvalue weighted by Gasteiger charge is -2.52. The van der Waals surface area contributed by atoms with Crippen LogP contribution in [0.2, 0.25) is 0 Å². The van der Waals surface area contributed by atoms with Gasteiger partial charge in [-0.15, -0.1) is 0 Å². The molecule has 5 rings (SSSR count).